The lowest BCUT2D eigenvalue weighted by Crippen LogP contribution is -2.36. The Morgan fingerprint density at radius 3 is 2.63 bits per heavy atom. The molecule has 0 aliphatic rings. The molecule has 9 heteroatoms. The van der Waals surface area contributed by atoms with Crippen molar-refractivity contribution in [1.82, 2.24) is 10.3 Å². The summed E-state index contributed by atoms with van der Waals surface area (Å²) in [5.74, 6) is 0.346. The topological polar surface area (TPSA) is 97.1 Å². The summed E-state index contributed by atoms with van der Waals surface area (Å²) in [5.41, 5.74) is 7.64. The highest BCUT2D eigenvalue weighted by atomic mass is 35.5. The molecule has 1 atom stereocenters. The second kappa shape index (κ2) is 13.4. The van der Waals surface area contributed by atoms with Gasteiger partial charge >= 0.3 is 0 Å². The molecule has 1 aromatic carbocycles. The van der Waals surface area contributed by atoms with E-state index in [1.807, 2.05) is 24.5 Å². The molecular weight excluding hydrogens is 407 g/mol. The van der Waals surface area contributed by atoms with Gasteiger partial charge in [0.2, 0.25) is 5.91 Å². The van der Waals surface area contributed by atoms with Gasteiger partial charge in [-0.05, 0) is 48.8 Å². The van der Waals surface area contributed by atoms with Crippen LogP contribution in [0.4, 0.5) is 5.69 Å². The number of nitrogens with one attached hydrogen (secondary N) is 2. The van der Waals surface area contributed by atoms with Crippen molar-refractivity contribution in [3.63, 3.8) is 0 Å². The van der Waals surface area contributed by atoms with Crippen LogP contribution in [0.1, 0.15) is 22.5 Å². The number of hydrogen-bond donors (Lipinski definition) is 3. The third-order valence-electron chi connectivity index (χ3n) is 3.52. The Labute approximate surface area is 175 Å². The molecule has 0 aliphatic carbocycles. The van der Waals surface area contributed by atoms with Gasteiger partial charge in [-0.2, -0.15) is 11.8 Å². The standard InChI is InChI=1S/C18H22N4O2S.2ClH/c1-25-10-8-16(19)18(24)22-14-7-4-5-13(11-14)17(23)21-12-15-6-2-3-9-20-15;;/h2-7,9,11,16H,8,10,12,19H2,1H3,(H,21,23)(H,22,24);2*1H/t16-;;/m0../s1. The lowest BCUT2D eigenvalue weighted by atomic mass is 10.1. The van der Waals surface area contributed by atoms with E-state index in [0.717, 1.165) is 11.4 Å². The summed E-state index contributed by atoms with van der Waals surface area (Å²) in [5, 5.41) is 5.56. The molecule has 0 spiro atoms. The number of halogens is 2. The van der Waals surface area contributed by atoms with Crippen LogP contribution < -0.4 is 16.4 Å². The molecule has 6 nitrogen and oxygen atoms in total. The second-order valence-electron chi connectivity index (χ2n) is 5.46. The van der Waals surface area contributed by atoms with Crippen molar-refractivity contribution in [2.75, 3.05) is 17.3 Å². The van der Waals surface area contributed by atoms with Gasteiger partial charge in [0.1, 0.15) is 0 Å². The summed E-state index contributed by atoms with van der Waals surface area (Å²) in [4.78, 5) is 28.5. The van der Waals surface area contributed by atoms with Crippen LogP contribution in [0.3, 0.4) is 0 Å². The quantitative estimate of drug-likeness (QED) is 0.597. The van der Waals surface area contributed by atoms with Crippen molar-refractivity contribution in [2.24, 2.45) is 5.73 Å². The van der Waals surface area contributed by atoms with Crippen LogP contribution in [-0.2, 0) is 11.3 Å². The highest BCUT2D eigenvalue weighted by Gasteiger charge is 2.14. The average Bonchev–Trinajstić information content (AvgIpc) is 2.65. The number of nitrogens with two attached hydrogens (primary N) is 1. The molecule has 148 valence electrons. The maximum absolute atomic E-state index is 12.3. The lowest BCUT2D eigenvalue weighted by Gasteiger charge is -2.12. The first-order chi connectivity index (χ1) is 12.1. The summed E-state index contributed by atoms with van der Waals surface area (Å²) in [6.07, 6.45) is 4.26. The number of anilines is 1. The lowest BCUT2D eigenvalue weighted by molar-refractivity contribution is -0.117. The van der Waals surface area contributed by atoms with Crippen LogP contribution in [0.15, 0.2) is 48.7 Å². The molecule has 2 rings (SSSR count). The summed E-state index contributed by atoms with van der Waals surface area (Å²) < 4.78 is 0. The number of carbonyl (C=O) groups is 2. The third-order valence-corrected chi connectivity index (χ3v) is 4.16. The molecule has 0 radical (unpaired) electrons. The molecule has 0 aliphatic heterocycles. The van der Waals surface area contributed by atoms with Crippen LogP contribution in [0.2, 0.25) is 0 Å². The first-order valence-electron chi connectivity index (χ1n) is 7.93. The zero-order valence-corrected chi connectivity index (χ0v) is 17.3. The van der Waals surface area contributed by atoms with Gasteiger partial charge in [-0.3, -0.25) is 14.6 Å². The highest BCUT2D eigenvalue weighted by molar-refractivity contribution is 7.98. The summed E-state index contributed by atoms with van der Waals surface area (Å²) >= 11 is 1.65. The minimum Gasteiger partial charge on any atom is -0.346 e. The molecule has 0 saturated carbocycles. The Bertz CT molecular complexity index is 720. The van der Waals surface area contributed by atoms with E-state index in [9.17, 15) is 9.59 Å². The normalized spacial score (nSPS) is 10.7. The van der Waals surface area contributed by atoms with Crippen molar-refractivity contribution < 1.29 is 9.59 Å². The maximum atomic E-state index is 12.3. The monoisotopic (exact) mass is 430 g/mol. The number of pyridine rings is 1. The molecule has 4 N–H and O–H groups in total. The minimum atomic E-state index is -0.561. The third kappa shape index (κ3) is 8.62. The molecule has 0 unspecified atom stereocenters. The Kier molecular flexibility index (Phi) is 12.5. The Balaban J connectivity index is 0.00000338. The first kappa shape index (κ1) is 25.2. The molecule has 0 bridgehead atoms. The van der Waals surface area contributed by atoms with Crippen molar-refractivity contribution in [2.45, 2.75) is 19.0 Å². The molecule has 1 heterocycles. The van der Waals surface area contributed by atoms with Gasteiger partial charge in [0.05, 0.1) is 18.3 Å². The van der Waals surface area contributed by atoms with Crippen LogP contribution >= 0.6 is 36.6 Å². The zero-order valence-electron chi connectivity index (χ0n) is 14.9. The van der Waals surface area contributed by atoms with Crippen molar-refractivity contribution in [1.29, 1.82) is 0 Å². The molecule has 2 aromatic rings. The Morgan fingerprint density at radius 1 is 1.19 bits per heavy atom. The van der Waals surface area contributed by atoms with Crippen molar-refractivity contribution in [3.05, 3.63) is 59.9 Å². The fourth-order valence-electron chi connectivity index (χ4n) is 2.12. The van der Waals surface area contributed by atoms with Crippen LogP contribution in [0.5, 0.6) is 0 Å². The van der Waals surface area contributed by atoms with E-state index in [2.05, 4.69) is 15.6 Å². The number of carbonyl (C=O) groups excluding carboxylic acids is 2. The maximum Gasteiger partial charge on any atom is 0.251 e. The van der Waals surface area contributed by atoms with Crippen LogP contribution in [-0.4, -0.2) is 34.8 Å². The highest BCUT2D eigenvalue weighted by Crippen LogP contribution is 2.12. The molecule has 0 fully saturated rings. The van der Waals surface area contributed by atoms with Crippen LogP contribution in [0, 0.1) is 0 Å². The van der Waals surface area contributed by atoms with E-state index >= 15 is 0 Å². The van der Waals surface area contributed by atoms with E-state index < -0.39 is 6.04 Å². The fraction of sp³-hybridized carbons (Fsp3) is 0.278. The van der Waals surface area contributed by atoms with Crippen LogP contribution in [0.25, 0.3) is 0 Å². The number of hydrogen-bond acceptors (Lipinski definition) is 5. The first-order valence-corrected chi connectivity index (χ1v) is 9.33. The summed E-state index contributed by atoms with van der Waals surface area (Å²) in [6, 6.07) is 11.7. The zero-order chi connectivity index (χ0) is 18.1. The second-order valence-corrected chi connectivity index (χ2v) is 6.45. The molecule has 0 saturated heterocycles. The smallest absolute Gasteiger partial charge is 0.251 e. The summed E-state index contributed by atoms with van der Waals surface area (Å²) in [7, 11) is 0. The van der Waals surface area contributed by atoms with Gasteiger partial charge in [-0.25, -0.2) is 0 Å². The predicted octanol–water partition coefficient (Wildman–Crippen LogP) is 2.87. The predicted molar refractivity (Wildman–Crippen MR) is 116 cm³/mol. The SMILES string of the molecule is CSCC[C@H](N)C(=O)Nc1cccc(C(=O)NCc2ccccn2)c1.Cl.Cl. The van der Waals surface area contributed by atoms with E-state index in [-0.39, 0.29) is 36.6 Å². The van der Waals surface area contributed by atoms with E-state index in [1.54, 1.807) is 42.2 Å². The molecule has 27 heavy (non-hydrogen) atoms. The number of nitrogens with zero attached hydrogens (tertiary/aromatic N) is 1. The number of thioether (sulfide) groups is 1. The number of aromatic nitrogens is 1. The Hall–Kier alpha value is -1.80. The van der Waals surface area contributed by atoms with E-state index in [0.29, 0.717) is 24.2 Å². The van der Waals surface area contributed by atoms with Gasteiger partial charge in [-0.1, -0.05) is 12.1 Å². The summed E-state index contributed by atoms with van der Waals surface area (Å²) in [6.45, 7) is 0.343. The molecule has 1 aromatic heterocycles. The number of benzene rings is 1. The van der Waals surface area contributed by atoms with Crippen molar-refractivity contribution in [3.8, 4) is 0 Å². The number of rotatable bonds is 8. The average molecular weight is 431 g/mol. The minimum absolute atomic E-state index is 0. The van der Waals surface area contributed by atoms with Gasteiger partial charge in [0, 0.05) is 17.4 Å². The van der Waals surface area contributed by atoms with Gasteiger partial charge in [0.15, 0.2) is 0 Å². The van der Waals surface area contributed by atoms with E-state index in [4.69, 9.17) is 5.73 Å². The van der Waals surface area contributed by atoms with Gasteiger partial charge in [-0.15, -0.1) is 24.8 Å². The van der Waals surface area contributed by atoms with Gasteiger partial charge in [0.25, 0.3) is 5.91 Å². The number of amides is 2. The van der Waals surface area contributed by atoms with E-state index in [1.165, 1.54) is 0 Å². The Morgan fingerprint density at radius 2 is 1.96 bits per heavy atom. The van der Waals surface area contributed by atoms with Crippen molar-refractivity contribution >= 4 is 54.1 Å². The van der Waals surface area contributed by atoms with Gasteiger partial charge < -0.3 is 16.4 Å². The largest absolute Gasteiger partial charge is 0.346 e. The molecular formula is C18H24Cl2N4O2S. The molecule has 2 amide bonds. The fourth-order valence-corrected chi connectivity index (χ4v) is 2.61.